The van der Waals surface area contributed by atoms with Gasteiger partial charge in [0.1, 0.15) is 0 Å². The first kappa shape index (κ1) is 12.0. The smallest absolute Gasteiger partial charge is 0.0931 e. The summed E-state index contributed by atoms with van der Waals surface area (Å²) in [6.07, 6.45) is 5.47. The monoisotopic (exact) mass is 270 g/mol. The zero-order valence-electron chi connectivity index (χ0n) is 9.99. The molecule has 17 heavy (non-hydrogen) atoms. The van der Waals surface area contributed by atoms with Gasteiger partial charge in [-0.15, -0.1) is 11.3 Å². The minimum atomic E-state index is 0.700. The van der Waals surface area contributed by atoms with Crippen molar-refractivity contribution in [1.29, 1.82) is 0 Å². The van der Waals surface area contributed by atoms with Crippen LogP contribution in [-0.2, 0) is 6.54 Å². The molecule has 0 atom stereocenters. The molecule has 2 aliphatic rings. The normalized spacial score (nSPS) is 23.1. The molecular formula is C13H19ClN2S. The first-order chi connectivity index (χ1) is 8.31. The lowest BCUT2D eigenvalue weighted by Crippen LogP contribution is -2.42. The fraction of sp³-hybridized carbons (Fsp3) is 0.692. The van der Waals surface area contributed by atoms with E-state index in [1.54, 1.807) is 11.3 Å². The lowest BCUT2D eigenvalue weighted by atomic mass is 10.0. The van der Waals surface area contributed by atoms with Crippen molar-refractivity contribution in [3.63, 3.8) is 0 Å². The fourth-order valence-electron chi connectivity index (χ4n) is 2.60. The van der Waals surface area contributed by atoms with E-state index in [1.807, 2.05) is 6.07 Å². The quantitative estimate of drug-likeness (QED) is 0.904. The van der Waals surface area contributed by atoms with Gasteiger partial charge in [-0.3, -0.25) is 0 Å². The molecule has 0 amide bonds. The van der Waals surface area contributed by atoms with Crippen LogP contribution in [0, 0.1) is 0 Å². The van der Waals surface area contributed by atoms with Crippen LogP contribution in [0.25, 0.3) is 0 Å². The third-order valence-corrected chi connectivity index (χ3v) is 5.02. The summed E-state index contributed by atoms with van der Waals surface area (Å²) in [4.78, 5) is 4.01. The molecule has 0 aromatic carbocycles. The van der Waals surface area contributed by atoms with Gasteiger partial charge >= 0.3 is 0 Å². The Hall–Kier alpha value is -0.0900. The van der Waals surface area contributed by atoms with E-state index in [0.717, 1.165) is 16.9 Å². The number of piperidine rings is 1. The molecule has 0 spiro atoms. The highest BCUT2D eigenvalue weighted by atomic mass is 35.5. The highest BCUT2D eigenvalue weighted by Gasteiger charge is 2.31. The van der Waals surface area contributed by atoms with E-state index in [9.17, 15) is 0 Å². The maximum Gasteiger partial charge on any atom is 0.0931 e. The first-order valence-corrected chi connectivity index (χ1v) is 7.72. The molecule has 2 heterocycles. The van der Waals surface area contributed by atoms with Crippen molar-refractivity contribution < 1.29 is 0 Å². The highest BCUT2D eigenvalue weighted by Crippen LogP contribution is 2.29. The van der Waals surface area contributed by atoms with Crippen molar-refractivity contribution in [2.45, 2.75) is 44.3 Å². The Kier molecular flexibility index (Phi) is 3.71. The molecule has 1 N–H and O–H groups in total. The number of likely N-dealkylation sites (tertiary alicyclic amines) is 1. The topological polar surface area (TPSA) is 15.3 Å². The average molecular weight is 271 g/mol. The second-order valence-electron chi connectivity index (χ2n) is 5.13. The molecule has 0 radical (unpaired) electrons. The van der Waals surface area contributed by atoms with Crippen LogP contribution in [0.3, 0.4) is 0 Å². The Morgan fingerprint density at radius 1 is 1.24 bits per heavy atom. The van der Waals surface area contributed by atoms with E-state index >= 15 is 0 Å². The predicted octanol–water partition coefficient (Wildman–Crippen LogP) is 3.12. The predicted molar refractivity (Wildman–Crippen MR) is 73.8 cm³/mol. The van der Waals surface area contributed by atoms with Crippen molar-refractivity contribution in [2.75, 3.05) is 13.1 Å². The number of hydrogen-bond donors (Lipinski definition) is 1. The summed E-state index contributed by atoms with van der Waals surface area (Å²) in [6, 6.07) is 5.75. The zero-order chi connectivity index (χ0) is 11.7. The van der Waals surface area contributed by atoms with Crippen LogP contribution in [0.5, 0.6) is 0 Å². The molecule has 1 aromatic heterocycles. The first-order valence-electron chi connectivity index (χ1n) is 6.53. The molecule has 94 valence electrons. The molecule has 1 aromatic rings. The maximum atomic E-state index is 5.93. The maximum absolute atomic E-state index is 5.93. The second-order valence-corrected chi connectivity index (χ2v) is 6.93. The van der Waals surface area contributed by atoms with Gasteiger partial charge in [0.2, 0.25) is 0 Å². The SMILES string of the molecule is Clc1ccc(CNC2CCN(C3CC3)CC2)s1. The Morgan fingerprint density at radius 2 is 2.00 bits per heavy atom. The van der Waals surface area contributed by atoms with Crippen molar-refractivity contribution in [2.24, 2.45) is 0 Å². The molecule has 0 bridgehead atoms. The standard InChI is InChI=1S/C13H19ClN2S/c14-13-4-3-12(17-13)9-15-10-5-7-16(8-6-10)11-1-2-11/h3-4,10-11,15H,1-2,5-9H2. The summed E-state index contributed by atoms with van der Waals surface area (Å²) in [7, 11) is 0. The van der Waals surface area contributed by atoms with E-state index in [2.05, 4.69) is 16.3 Å². The fourth-order valence-corrected chi connectivity index (χ4v) is 3.64. The van der Waals surface area contributed by atoms with E-state index in [0.29, 0.717) is 6.04 Å². The summed E-state index contributed by atoms with van der Waals surface area (Å²) in [5.41, 5.74) is 0. The molecule has 4 heteroatoms. The summed E-state index contributed by atoms with van der Waals surface area (Å²) in [5.74, 6) is 0. The van der Waals surface area contributed by atoms with Crippen LogP contribution >= 0.6 is 22.9 Å². The summed E-state index contributed by atoms with van der Waals surface area (Å²) < 4.78 is 0.894. The summed E-state index contributed by atoms with van der Waals surface area (Å²) in [5, 5.41) is 3.66. The Balaban J connectivity index is 1.41. The largest absolute Gasteiger partial charge is 0.309 e. The third-order valence-electron chi connectivity index (χ3n) is 3.79. The van der Waals surface area contributed by atoms with E-state index < -0.39 is 0 Å². The molecule has 2 nitrogen and oxygen atoms in total. The molecule has 2 fully saturated rings. The van der Waals surface area contributed by atoms with Crippen LogP contribution in [0.4, 0.5) is 0 Å². The van der Waals surface area contributed by atoms with Crippen molar-refractivity contribution >= 4 is 22.9 Å². The summed E-state index contributed by atoms with van der Waals surface area (Å²) in [6.45, 7) is 3.55. The number of rotatable bonds is 4. The van der Waals surface area contributed by atoms with Gasteiger partial charge in [0.05, 0.1) is 4.34 Å². The van der Waals surface area contributed by atoms with Gasteiger partial charge in [-0.25, -0.2) is 0 Å². The molecular weight excluding hydrogens is 252 g/mol. The minimum absolute atomic E-state index is 0.700. The van der Waals surface area contributed by atoms with Crippen LogP contribution < -0.4 is 5.32 Å². The van der Waals surface area contributed by atoms with Crippen molar-refractivity contribution in [1.82, 2.24) is 10.2 Å². The number of thiophene rings is 1. The van der Waals surface area contributed by atoms with E-state index in [1.165, 1.54) is 43.6 Å². The Labute approximate surface area is 112 Å². The molecule has 1 aliphatic carbocycles. The average Bonchev–Trinajstić information content (AvgIpc) is 3.11. The number of hydrogen-bond acceptors (Lipinski definition) is 3. The number of nitrogens with one attached hydrogen (secondary N) is 1. The Bertz CT molecular complexity index is 367. The molecule has 0 unspecified atom stereocenters. The lowest BCUT2D eigenvalue weighted by molar-refractivity contribution is 0.189. The Morgan fingerprint density at radius 3 is 2.59 bits per heavy atom. The van der Waals surface area contributed by atoms with Gasteiger partial charge in [0.25, 0.3) is 0 Å². The van der Waals surface area contributed by atoms with Crippen LogP contribution in [0.2, 0.25) is 4.34 Å². The molecule has 1 saturated heterocycles. The van der Waals surface area contributed by atoms with Crippen LogP contribution in [0.15, 0.2) is 12.1 Å². The minimum Gasteiger partial charge on any atom is -0.309 e. The van der Waals surface area contributed by atoms with Crippen molar-refractivity contribution in [3.05, 3.63) is 21.3 Å². The molecule has 1 saturated carbocycles. The molecule has 1 aliphatic heterocycles. The van der Waals surface area contributed by atoms with E-state index in [4.69, 9.17) is 11.6 Å². The highest BCUT2D eigenvalue weighted by molar-refractivity contribution is 7.16. The number of nitrogens with zero attached hydrogens (tertiary/aromatic N) is 1. The van der Waals surface area contributed by atoms with E-state index in [-0.39, 0.29) is 0 Å². The van der Waals surface area contributed by atoms with Crippen molar-refractivity contribution in [3.8, 4) is 0 Å². The zero-order valence-corrected chi connectivity index (χ0v) is 11.6. The van der Waals surface area contributed by atoms with Gasteiger partial charge in [-0.1, -0.05) is 11.6 Å². The van der Waals surface area contributed by atoms with Crippen LogP contribution in [0.1, 0.15) is 30.6 Å². The van der Waals surface area contributed by atoms with Gasteiger partial charge in [-0.2, -0.15) is 0 Å². The molecule has 3 rings (SSSR count). The van der Waals surface area contributed by atoms with Gasteiger partial charge in [0, 0.05) is 23.5 Å². The van der Waals surface area contributed by atoms with Gasteiger partial charge < -0.3 is 10.2 Å². The lowest BCUT2D eigenvalue weighted by Gasteiger charge is -2.32. The van der Waals surface area contributed by atoms with Gasteiger partial charge in [0.15, 0.2) is 0 Å². The number of halogens is 1. The second kappa shape index (κ2) is 5.27. The summed E-state index contributed by atoms with van der Waals surface area (Å²) >= 11 is 7.61. The van der Waals surface area contributed by atoms with Gasteiger partial charge in [-0.05, 0) is 50.9 Å². The van der Waals surface area contributed by atoms with Crippen LogP contribution in [-0.4, -0.2) is 30.1 Å². The third kappa shape index (κ3) is 3.22.